The molecule has 1 aromatic carbocycles. The van der Waals surface area contributed by atoms with Crippen LogP contribution in [0.15, 0.2) is 30.3 Å². The largest absolute Gasteiger partial charge is 0.397 e. The van der Waals surface area contributed by atoms with Gasteiger partial charge in [-0.15, -0.1) is 0 Å². The van der Waals surface area contributed by atoms with Crippen LogP contribution in [0.25, 0.3) is 0 Å². The Bertz CT molecular complexity index is 408. The quantitative estimate of drug-likeness (QED) is 0.801. The van der Waals surface area contributed by atoms with Crippen LogP contribution in [-0.4, -0.2) is 18.6 Å². The molecule has 5 heteroatoms. The highest BCUT2D eigenvalue weighted by atomic mass is 32.3. The fraction of sp³-hybridized carbons (Fsp3) is 0.400. The molecule has 1 rings (SSSR count). The minimum atomic E-state index is -4.40. The molecule has 0 saturated heterocycles. The molecule has 0 aliphatic carbocycles. The number of benzene rings is 1. The van der Waals surface area contributed by atoms with Gasteiger partial charge in [0.05, 0.1) is 5.60 Å². The topological polar surface area (TPSA) is 63.6 Å². The van der Waals surface area contributed by atoms with Gasteiger partial charge in [-0.3, -0.25) is 4.55 Å². The van der Waals surface area contributed by atoms with Crippen LogP contribution in [0.1, 0.15) is 19.4 Å². The van der Waals surface area contributed by atoms with Crippen molar-refractivity contribution in [1.29, 1.82) is 0 Å². The van der Waals surface area contributed by atoms with Gasteiger partial charge in [0.1, 0.15) is 0 Å². The summed E-state index contributed by atoms with van der Waals surface area (Å²) in [6.07, 6.45) is 0.410. The SMILES string of the molecule is CC(C)(Cc1ccccc1)OS(=O)(=O)O. The van der Waals surface area contributed by atoms with Crippen LogP contribution >= 0.6 is 0 Å². The van der Waals surface area contributed by atoms with Gasteiger partial charge in [0, 0.05) is 6.42 Å². The highest BCUT2D eigenvalue weighted by molar-refractivity contribution is 7.80. The first-order chi connectivity index (χ1) is 6.79. The molecule has 0 fully saturated rings. The van der Waals surface area contributed by atoms with Crippen LogP contribution in [0.2, 0.25) is 0 Å². The normalized spacial score (nSPS) is 12.7. The highest BCUT2D eigenvalue weighted by Gasteiger charge is 2.25. The maximum absolute atomic E-state index is 10.6. The van der Waals surface area contributed by atoms with E-state index in [9.17, 15) is 8.42 Å². The van der Waals surface area contributed by atoms with Gasteiger partial charge < -0.3 is 0 Å². The van der Waals surface area contributed by atoms with Crippen molar-refractivity contribution in [3.63, 3.8) is 0 Å². The van der Waals surface area contributed by atoms with Crippen LogP contribution < -0.4 is 0 Å². The van der Waals surface area contributed by atoms with Crippen molar-refractivity contribution in [1.82, 2.24) is 0 Å². The van der Waals surface area contributed by atoms with Crippen molar-refractivity contribution in [2.45, 2.75) is 25.9 Å². The summed E-state index contributed by atoms with van der Waals surface area (Å²) in [7, 11) is -4.40. The van der Waals surface area contributed by atoms with Gasteiger partial charge in [0.2, 0.25) is 0 Å². The van der Waals surface area contributed by atoms with E-state index in [0.717, 1.165) is 5.56 Å². The molecule has 1 aromatic rings. The number of hydrogen-bond acceptors (Lipinski definition) is 3. The molecular formula is C10H14O4S. The summed E-state index contributed by atoms with van der Waals surface area (Å²) >= 11 is 0. The first kappa shape index (κ1) is 12.2. The third kappa shape index (κ3) is 4.92. The lowest BCUT2D eigenvalue weighted by Gasteiger charge is -2.22. The predicted octanol–water partition coefficient (Wildman–Crippen LogP) is 1.83. The minimum Gasteiger partial charge on any atom is -0.264 e. The van der Waals surface area contributed by atoms with Crippen LogP contribution in [-0.2, 0) is 21.0 Å². The molecular weight excluding hydrogens is 216 g/mol. The third-order valence-corrected chi connectivity index (χ3v) is 2.47. The summed E-state index contributed by atoms with van der Waals surface area (Å²) in [5.74, 6) is 0. The van der Waals surface area contributed by atoms with E-state index in [1.165, 1.54) is 0 Å². The molecule has 1 N–H and O–H groups in total. The van der Waals surface area contributed by atoms with E-state index >= 15 is 0 Å². The van der Waals surface area contributed by atoms with Crippen molar-refractivity contribution >= 4 is 10.4 Å². The Kier molecular flexibility index (Phi) is 3.49. The molecule has 0 unspecified atom stereocenters. The maximum atomic E-state index is 10.6. The van der Waals surface area contributed by atoms with Gasteiger partial charge in [-0.1, -0.05) is 30.3 Å². The molecule has 0 atom stereocenters. The van der Waals surface area contributed by atoms with Gasteiger partial charge in [-0.25, -0.2) is 4.18 Å². The van der Waals surface area contributed by atoms with Gasteiger partial charge in [0.25, 0.3) is 0 Å². The summed E-state index contributed by atoms with van der Waals surface area (Å²) in [6.45, 7) is 3.21. The second-order valence-electron chi connectivity index (χ2n) is 3.93. The van der Waals surface area contributed by atoms with E-state index in [2.05, 4.69) is 4.18 Å². The average molecular weight is 230 g/mol. The Balaban J connectivity index is 2.73. The average Bonchev–Trinajstić information content (AvgIpc) is 1.99. The summed E-state index contributed by atoms with van der Waals surface area (Å²) in [4.78, 5) is 0. The van der Waals surface area contributed by atoms with E-state index in [1.54, 1.807) is 13.8 Å². The lowest BCUT2D eigenvalue weighted by atomic mass is 9.99. The van der Waals surface area contributed by atoms with Crippen LogP contribution in [0.3, 0.4) is 0 Å². The van der Waals surface area contributed by atoms with Crippen molar-refractivity contribution in [3.8, 4) is 0 Å². The predicted molar refractivity (Wildman–Crippen MR) is 56.9 cm³/mol. The zero-order chi connectivity index (χ0) is 11.5. The Labute approximate surface area is 89.8 Å². The summed E-state index contributed by atoms with van der Waals surface area (Å²) in [6, 6.07) is 9.34. The second-order valence-corrected chi connectivity index (χ2v) is 4.96. The summed E-state index contributed by atoms with van der Waals surface area (Å²) in [5, 5.41) is 0. The molecule has 15 heavy (non-hydrogen) atoms. The molecule has 0 aromatic heterocycles. The van der Waals surface area contributed by atoms with Crippen molar-refractivity contribution < 1.29 is 17.2 Å². The maximum Gasteiger partial charge on any atom is 0.397 e. The molecule has 0 heterocycles. The lowest BCUT2D eigenvalue weighted by Crippen LogP contribution is -2.30. The first-order valence-corrected chi connectivity index (χ1v) is 5.87. The summed E-state index contributed by atoms with van der Waals surface area (Å²) < 4.78 is 34.3. The third-order valence-electron chi connectivity index (χ3n) is 1.80. The van der Waals surface area contributed by atoms with Crippen molar-refractivity contribution in [2.24, 2.45) is 0 Å². The summed E-state index contributed by atoms with van der Waals surface area (Å²) in [5.41, 5.74) is 0.000671. The van der Waals surface area contributed by atoms with Gasteiger partial charge in [0.15, 0.2) is 0 Å². The Morgan fingerprint density at radius 3 is 2.27 bits per heavy atom. The monoisotopic (exact) mass is 230 g/mol. The molecule has 0 aliphatic rings. The molecule has 0 spiro atoms. The second kappa shape index (κ2) is 4.30. The molecule has 4 nitrogen and oxygen atoms in total. The molecule has 0 saturated carbocycles. The zero-order valence-electron chi connectivity index (χ0n) is 8.67. The van der Waals surface area contributed by atoms with E-state index in [-0.39, 0.29) is 0 Å². The van der Waals surface area contributed by atoms with Gasteiger partial charge in [-0.2, -0.15) is 8.42 Å². The Morgan fingerprint density at radius 1 is 1.27 bits per heavy atom. The Morgan fingerprint density at radius 2 is 1.80 bits per heavy atom. The zero-order valence-corrected chi connectivity index (χ0v) is 9.49. The van der Waals surface area contributed by atoms with Crippen LogP contribution in [0.4, 0.5) is 0 Å². The first-order valence-electron chi connectivity index (χ1n) is 4.50. The standard InChI is InChI=1S/C10H14O4S/c1-10(2,14-15(11,12)13)8-9-6-4-3-5-7-9/h3-7H,8H2,1-2H3,(H,11,12,13). The molecule has 0 bridgehead atoms. The fourth-order valence-electron chi connectivity index (χ4n) is 1.40. The van der Waals surface area contributed by atoms with E-state index < -0.39 is 16.0 Å². The molecule has 84 valence electrons. The fourth-order valence-corrected chi connectivity index (χ4v) is 2.03. The molecule has 0 amide bonds. The number of rotatable bonds is 4. The lowest BCUT2D eigenvalue weighted by molar-refractivity contribution is 0.100. The van der Waals surface area contributed by atoms with E-state index in [0.29, 0.717) is 6.42 Å². The molecule has 0 aliphatic heterocycles. The number of hydrogen-bond donors (Lipinski definition) is 1. The van der Waals surface area contributed by atoms with E-state index in [1.807, 2.05) is 30.3 Å². The van der Waals surface area contributed by atoms with Crippen molar-refractivity contribution in [3.05, 3.63) is 35.9 Å². The van der Waals surface area contributed by atoms with Crippen LogP contribution in [0, 0.1) is 0 Å². The van der Waals surface area contributed by atoms with Crippen LogP contribution in [0.5, 0.6) is 0 Å². The molecule has 0 radical (unpaired) electrons. The minimum absolute atomic E-state index is 0.410. The van der Waals surface area contributed by atoms with Crippen molar-refractivity contribution in [2.75, 3.05) is 0 Å². The van der Waals surface area contributed by atoms with Gasteiger partial charge >= 0.3 is 10.4 Å². The van der Waals surface area contributed by atoms with Gasteiger partial charge in [-0.05, 0) is 19.4 Å². The smallest absolute Gasteiger partial charge is 0.264 e. The Hall–Kier alpha value is -0.910. The highest BCUT2D eigenvalue weighted by Crippen LogP contribution is 2.18. The van der Waals surface area contributed by atoms with E-state index in [4.69, 9.17) is 4.55 Å².